The summed E-state index contributed by atoms with van der Waals surface area (Å²) in [7, 11) is -3.52. The van der Waals surface area contributed by atoms with E-state index in [1.165, 1.54) is 4.31 Å². The smallest absolute Gasteiger partial charge is 0.261 e. The SMILES string of the molecule is CCN(CC)S(=O)(=O)c1ccc(CNC(=O)c2ccc3c(=O)n4c(nc3c2)CCCCCC4)cc1. The molecule has 0 unspecified atom stereocenters. The van der Waals surface area contributed by atoms with E-state index in [2.05, 4.69) is 5.32 Å². The second-order valence-electron chi connectivity index (χ2n) is 8.80. The lowest BCUT2D eigenvalue weighted by atomic mass is 10.1. The number of rotatable bonds is 7. The minimum atomic E-state index is -3.52. The Kier molecular flexibility index (Phi) is 7.66. The van der Waals surface area contributed by atoms with Crippen molar-refractivity contribution in [2.45, 2.75) is 63.9 Å². The molecule has 1 amide bonds. The van der Waals surface area contributed by atoms with Crippen LogP contribution >= 0.6 is 0 Å². The third-order valence-electron chi connectivity index (χ3n) is 6.55. The first-order chi connectivity index (χ1) is 16.8. The Morgan fingerprint density at radius 3 is 2.46 bits per heavy atom. The molecule has 2 heterocycles. The number of carbonyl (C=O) groups is 1. The highest BCUT2D eigenvalue weighted by Gasteiger charge is 2.21. The second kappa shape index (κ2) is 10.7. The molecule has 9 heteroatoms. The molecule has 0 saturated carbocycles. The van der Waals surface area contributed by atoms with Crippen molar-refractivity contribution in [3.63, 3.8) is 0 Å². The summed E-state index contributed by atoms with van der Waals surface area (Å²) in [4.78, 5) is 30.7. The molecule has 1 aliphatic rings. The van der Waals surface area contributed by atoms with Crippen LogP contribution in [-0.4, -0.2) is 41.3 Å². The van der Waals surface area contributed by atoms with E-state index in [-0.39, 0.29) is 22.9 Å². The van der Waals surface area contributed by atoms with Gasteiger partial charge >= 0.3 is 0 Å². The fourth-order valence-electron chi connectivity index (χ4n) is 4.51. The van der Waals surface area contributed by atoms with Crippen LogP contribution in [0.2, 0.25) is 0 Å². The molecule has 1 aromatic heterocycles. The van der Waals surface area contributed by atoms with E-state index in [1.54, 1.807) is 60.9 Å². The zero-order valence-electron chi connectivity index (χ0n) is 20.3. The Labute approximate surface area is 206 Å². The van der Waals surface area contributed by atoms with Crippen molar-refractivity contribution in [3.05, 3.63) is 69.8 Å². The van der Waals surface area contributed by atoms with Crippen molar-refractivity contribution in [2.24, 2.45) is 0 Å². The number of hydrogen-bond acceptors (Lipinski definition) is 5. The van der Waals surface area contributed by atoms with E-state index >= 15 is 0 Å². The van der Waals surface area contributed by atoms with Gasteiger partial charge in [-0.25, -0.2) is 13.4 Å². The molecule has 2 aromatic carbocycles. The third kappa shape index (κ3) is 5.31. The number of aryl methyl sites for hydroxylation is 1. The van der Waals surface area contributed by atoms with Gasteiger partial charge < -0.3 is 5.32 Å². The average molecular weight is 497 g/mol. The summed E-state index contributed by atoms with van der Waals surface area (Å²) in [5.41, 5.74) is 1.72. The van der Waals surface area contributed by atoms with Gasteiger partial charge in [-0.3, -0.25) is 14.2 Å². The van der Waals surface area contributed by atoms with E-state index < -0.39 is 10.0 Å². The van der Waals surface area contributed by atoms with Gasteiger partial charge in [0.15, 0.2) is 0 Å². The Morgan fingerprint density at radius 1 is 1.03 bits per heavy atom. The van der Waals surface area contributed by atoms with E-state index in [0.717, 1.165) is 43.5 Å². The van der Waals surface area contributed by atoms with Crippen LogP contribution in [0.25, 0.3) is 10.9 Å². The zero-order chi connectivity index (χ0) is 25.0. The number of hydrogen-bond donors (Lipinski definition) is 1. The zero-order valence-corrected chi connectivity index (χ0v) is 21.1. The number of nitrogens with zero attached hydrogens (tertiary/aromatic N) is 3. The van der Waals surface area contributed by atoms with Gasteiger partial charge in [0.2, 0.25) is 10.0 Å². The molecule has 0 atom stereocenters. The maximum atomic E-state index is 13.0. The highest BCUT2D eigenvalue weighted by atomic mass is 32.2. The number of fused-ring (bicyclic) bond motifs is 2. The highest BCUT2D eigenvalue weighted by Crippen LogP contribution is 2.18. The summed E-state index contributed by atoms with van der Waals surface area (Å²) in [6, 6.07) is 11.5. The van der Waals surface area contributed by atoms with Crippen LogP contribution in [-0.2, 0) is 29.5 Å². The van der Waals surface area contributed by atoms with Crippen molar-refractivity contribution in [2.75, 3.05) is 13.1 Å². The molecule has 0 fully saturated rings. The lowest BCUT2D eigenvalue weighted by Crippen LogP contribution is -2.30. The highest BCUT2D eigenvalue weighted by molar-refractivity contribution is 7.89. The number of nitrogens with one attached hydrogen (secondary N) is 1. The van der Waals surface area contributed by atoms with Crippen LogP contribution in [0.4, 0.5) is 0 Å². The standard InChI is InChI=1S/C26H32N4O4S/c1-3-29(4-2)35(33,34)21-13-10-19(11-14-21)18-27-25(31)20-12-15-22-23(17-20)28-24-9-7-5-6-8-16-30(24)26(22)32/h10-15,17H,3-9,16,18H2,1-2H3,(H,27,31). The van der Waals surface area contributed by atoms with Crippen LogP contribution in [0, 0.1) is 0 Å². The Morgan fingerprint density at radius 2 is 1.74 bits per heavy atom. The van der Waals surface area contributed by atoms with Crippen LogP contribution in [0.15, 0.2) is 52.2 Å². The van der Waals surface area contributed by atoms with Gasteiger partial charge in [0, 0.05) is 38.2 Å². The molecule has 186 valence electrons. The molecule has 35 heavy (non-hydrogen) atoms. The molecule has 8 nitrogen and oxygen atoms in total. The number of sulfonamides is 1. The average Bonchev–Trinajstić information content (AvgIpc) is 2.84. The molecule has 0 spiro atoms. The first-order valence-electron chi connectivity index (χ1n) is 12.3. The van der Waals surface area contributed by atoms with Crippen LogP contribution in [0.5, 0.6) is 0 Å². The number of carbonyl (C=O) groups excluding carboxylic acids is 1. The van der Waals surface area contributed by atoms with Gasteiger partial charge in [-0.05, 0) is 48.7 Å². The third-order valence-corrected chi connectivity index (χ3v) is 8.61. The van der Waals surface area contributed by atoms with E-state index in [0.29, 0.717) is 36.1 Å². The Hall–Kier alpha value is -3.04. The molecule has 4 rings (SSSR count). The van der Waals surface area contributed by atoms with Gasteiger partial charge in [-0.1, -0.05) is 38.8 Å². The maximum absolute atomic E-state index is 13.0. The summed E-state index contributed by atoms with van der Waals surface area (Å²) in [5.74, 6) is 0.514. The normalized spacial score (nSPS) is 14.4. The van der Waals surface area contributed by atoms with Crippen LogP contribution in [0.1, 0.15) is 61.3 Å². The molecule has 0 radical (unpaired) electrons. The summed E-state index contributed by atoms with van der Waals surface area (Å²) in [5, 5.41) is 3.39. The molecule has 0 bridgehead atoms. The van der Waals surface area contributed by atoms with Crippen molar-refractivity contribution in [1.82, 2.24) is 19.2 Å². The van der Waals surface area contributed by atoms with E-state index in [4.69, 9.17) is 4.98 Å². The van der Waals surface area contributed by atoms with Crippen molar-refractivity contribution < 1.29 is 13.2 Å². The lowest BCUT2D eigenvalue weighted by molar-refractivity contribution is 0.0951. The first-order valence-corrected chi connectivity index (χ1v) is 13.7. The quantitative estimate of drug-likeness (QED) is 0.540. The Balaban J connectivity index is 1.49. The number of aromatic nitrogens is 2. The predicted molar refractivity (Wildman–Crippen MR) is 136 cm³/mol. The first kappa shape index (κ1) is 25.1. The molecule has 0 aliphatic carbocycles. The molecular weight excluding hydrogens is 464 g/mol. The largest absolute Gasteiger partial charge is 0.348 e. The lowest BCUT2D eigenvalue weighted by Gasteiger charge is -2.18. The summed E-state index contributed by atoms with van der Waals surface area (Å²) in [6.07, 6.45) is 5.01. The van der Waals surface area contributed by atoms with Crippen molar-refractivity contribution in [1.29, 1.82) is 0 Å². The molecule has 0 saturated heterocycles. The van der Waals surface area contributed by atoms with Gasteiger partial charge in [0.1, 0.15) is 5.82 Å². The fraction of sp³-hybridized carbons (Fsp3) is 0.423. The number of benzene rings is 2. The number of amides is 1. The summed E-state index contributed by atoms with van der Waals surface area (Å²) >= 11 is 0. The predicted octanol–water partition coefficient (Wildman–Crippen LogP) is 3.47. The topological polar surface area (TPSA) is 101 Å². The van der Waals surface area contributed by atoms with Crippen molar-refractivity contribution >= 4 is 26.8 Å². The van der Waals surface area contributed by atoms with E-state index in [9.17, 15) is 18.0 Å². The van der Waals surface area contributed by atoms with Crippen LogP contribution in [0.3, 0.4) is 0 Å². The van der Waals surface area contributed by atoms with Crippen LogP contribution < -0.4 is 10.9 Å². The molecular formula is C26H32N4O4S. The minimum absolute atomic E-state index is 0.0430. The van der Waals surface area contributed by atoms with Gasteiger partial charge in [-0.15, -0.1) is 0 Å². The minimum Gasteiger partial charge on any atom is -0.348 e. The molecule has 1 aliphatic heterocycles. The second-order valence-corrected chi connectivity index (χ2v) is 10.7. The van der Waals surface area contributed by atoms with Crippen molar-refractivity contribution in [3.8, 4) is 0 Å². The molecule has 3 aromatic rings. The van der Waals surface area contributed by atoms with Gasteiger partial charge in [0.05, 0.1) is 15.8 Å². The van der Waals surface area contributed by atoms with Gasteiger partial charge in [-0.2, -0.15) is 4.31 Å². The summed E-state index contributed by atoms with van der Waals surface area (Å²) in [6.45, 7) is 5.37. The fourth-order valence-corrected chi connectivity index (χ4v) is 5.97. The molecule has 1 N–H and O–H groups in total. The maximum Gasteiger partial charge on any atom is 0.261 e. The monoisotopic (exact) mass is 496 g/mol. The summed E-state index contributed by atoms with van der Waals surface area (Å²) < 4.78 is 28.5. The Bertz CT molecular complexity index is 1380. The van der Waals surface area contributed by atoms with Gasteiger partial charge in [0.25, 0.3) is 11.5 Å². The van der Waals surface area contributed by atoms with E-state index in [1.807, 2.05) is 0 Å².